The van der Waals surface area contributed by atoms with Gasteiger partial charge in [-0.1, -0.05) is 5.16 Å². The van der Waals surface area contributed by atoms with Crippen LogP contribution in [0.5, 0.6) is 0 Å². The van der Waals surface area contributed by atoms with E-state index in [4.69, 9.17) is 4.52 Å². The molecule has 28 heavy (non-hydrogen) atoms. The van der Waals surface area contributed by atoms with Crippen LogP contribution in [0.4, 0.5) is 0 Å². The molecule has 8 nitrogen and oxygen atoms in total. The SMILES string of the molecule is CN1CCC[C@]2(CCN(C(=O)CCCc3nc(-c4cccnc4)no3)C2)C1=O. The van der Waals surface area contributed by atoms with Crippen LogP contribution in [0.25, 0.3) is 11.4 Å². The minimum absolute atomic E-state index is 0.102. The molecule has 0 saturated carbocycles. The molecule has 1 spiro atoms. The Morgan fingerprint density at radius 1 is 1.32 bits per heavy atom. The molecule has 2 aromatic rings. The lowest BCUT2D eigenvalue weighted by Gasteiger charge is -2.37. The summed E-state index contributed by atoms with van der Waals surface area (Å²) in [5.41, 5.74) is 0.450. The van der Waals surface area contributed by atoms with Crippen molar-refractivity contribution in [1.82, 2.24) is 24.9 Å². The first kappa shape index (κ1) is 18.6. The third-order valence-electron chi connectivity index (χ3n) is 5.82. The van der Waals surface area contributed by atoms with Crippen LogP contribution < -0.4 is 0 Å². The van der Waals surface area contributed by atoms with E-state index in [1.165, 1.54) is 0 Å². The topological polar surface area (TPSA) is 92.4 Å². The van der Waals surface area contributed by atoms with E-state index in [1.807, 2.05) is 29.0 Å². The predicted molar refractivity (Wildman–Crippen MR) is 101 cm³/mol. The van der Waals surface area contributed by atoms with Crippen LogP contribution in [-0.2, 0) is 16.0 Å². The number of likely N-dealkylation sites (tertiary alicyclic amines) is 2. The van der Waals surface area contributed by atoms with Crippen LogP contribution in [0.3, 0.4) is 0 Å². The van der Waals surface area contributed by atoms with Crippen molar-refractivity contribution in [1.29, 1.82) is 0 Å². The molecule has 0 unspecified atom stereocenters. The average Bonchev–Trinajstić information content (AvgIpc) is 3.35. The molecule has 1 atom stereocenters. The molecular weight excluding hydrogens is 358 g/mol. The summed E-state index contributed by atoms with van der Waals surface area (Å²) in [6.45, 7) is 2.05. The smallest absolute Gasteiger partial charge is 0.230 e. The summed E-state index contributed by atoms with van der Waals surface area (Å²) in [5, 5.41) is 3.97. The monoisotopic (exact) mass is 383 g/mol. The van der Waals surface area contributed by atoms with Gasteiger partial charge in [-0.25, -0.2) is 0 Å². The average molecular weight is 383 g/mol. The zero-order valence-corrected chi connectivity index (χ0v) is 16.1. The summed E-state index contributed by atoms with van der Waals surface area (Å²) in [4.78, 5) is 37.3. The minimum atomic E-state index is -0.353. The van der Waals surface area contributed by atoms with E-state index in [9.17, 15) is 9.59 Å². The second-order valence-electron chi connectivity index (χ2n) is 7.78. The number of carbonyl (C=O) groups is 2. The van der Waals surface area contributed by atoms with Crippen molar-refractivity contribution in [2.75, 3.05) is 26.7 Å². The first-order valence-corrected chi connectivity index (χ1v) is 9.84. The van der Waals surface area contributed by atoms with Crippen molar-refractivity contribution in [3.8, 4) is 11.4 Å². The van der Waals surface area contributed by atoms with Crippen LogP contribution in [0.15, 0.2) is 29.0 Å². The number of carbonyl (C=O) groups excluding carboxylic acids is 2. The Labute approximate surface area is 163 Å². The van der Waals surface area contributed by atoms with E-state index < -0.39 is 0 Å². The highest BCUT2D eigenvalue weighted by Crippen LogP contribution is 2.39. The van der Waals surface area contributed by atoms with E-state index >= 15 is 0 Å². The Hall–Kier alpha value is -2.77. The molecule has 2 aliphatic heterocycles. The number of rotatable bonds is 5. The Bertz CT molecular complexity index is 853. The maximum Gasteiger partial charge on any atom is 0.230 e. The van der Waals surface area contributed by atoms with Crippen molar-refractivity contribution < 1.29 is 14.1 Å². The summed E-state index contributed by atoms with van der Waals surface area (Å²) in [7, 11) is 1.86. The van der Waals surface area contributed by atoms with E-state index in [1.54, 1.807) is 12.4 Å². The van der Waals surface area contributed by atoms with Gasteiger partial charge in [0.15, 0.2) is 0 Å². The van der Waals surface area contributed by atoms with Crippen LogP contribution >= 0.6 is 0 Å². The zero-order valence-electron chi connectivity index (χ0n) is 16.1. The molecule has 0 aliphatic carbocycles. The van der Waals surface area contributed by atoms with Gasteiger partial charge in [0, 0.05) is 57.5 Å². The van der Waals surface area contributed by atoms with Gasteiger partial charge < -0.3 is 14.3 Å². The van der Waals surface area contributed by atoms with Crippen LogP contribution in [0, 0.1) is 5.41 Å². The molecule has 148 valence electrons. The molecule has 2 saturated heterocycles. The number of nitrogens with zero attached hydrogens (tertiary/aromatic N) is 5. The highest BCUT2D eigenvalue weighted by atomic mass is 16.5. The van der Waals surface area contributed by atoms with Crippen molar-refractivity contribution in [3.05, 3.63) is 30.4 Å². The van der Waals surface area contributed by atoms with Gasteiger partial charge in [-0.05, 0) is 37.8 Å². The molecule has 0 bridgehead atoms. The number of hydrogen-bond acceptors (Lipinski definition) is 6. The summed E-state index contributed by atoms with van der Waals surface area (Å²) in [6.07, 6.45) is 7.68. The van der Waals surface area contributed by atoms with Gasteiger partial charge in [0.25, 0.3) is 0 Å². The van der Waals surface area contributed by atoms with Gasteiger partial charge in [-0.15, -0.1) is 0 Å². The normalized spacial score (nSPS) is 22.2. The highest BCUT2D eigenvalue weighted by molar-refractivity contribution is 5.85. The molecule has 0 aromatic carbocycles. The summed E-state index contributed by atoms with van der Waals surface area (Å²) in [6, 6.07) is 3.69. The van der Waals surface area contributed by atoms with Crippen molar-refractivity contribution in [2.45, 2.75) is 38.5 Å². The molecule has 0 radical (unpaired) electrons. The second kappa shape index (κ2) is 7.69. The molecule has 0 N–H and O–H groups in total. The van der Waals surface area contributed by atoms with Gasteiger partial charge in [0.05, 0.1) is 5.41 Å². The second-order valence-corrected chi connectivity index (χ2v) is 7.78. The van der Waals surface area contributed by atoms with Crippen LogP contribution in [0.2, 0.25) is 0 Å². The molecule has 4 heterocycles. The van der Waals surface area contributed by atoms with Crippen molar-refractivity contribution in [3.63, 3.8) is 0 Å². The van der Waals surface area contributed by atoms with Gasteiger partial charge in [0.1, 0.15) is 0 Å². The number of aromatic nitrogens is 3. The lowest BCUT2D eigenvalue weighted by Crippen LogP contribution is -2.48. The number of aryl methyl sites for hydroxylation is 1. The number of amides is 2. The van der Waals surface area contributed by atoms with Crippen LogP contribution in [-0.4, -0.2) is 63.4 Å². The highest BCUT2D eigenvalue weighted by Gasteiger charge is 2.48. The third kappa shape index (κ3) is 3.63. The summed E-state index contributed by atoms with van der Waals surface area (Å²) >= 11 is 0. The van der Waals surface area contributed by atoms with E-state index in [2.05, 4.69) is 15.1 Å². The fourth-order valence-corrected chi connectivity index (χ4v) is 4.25. The molecule has 2 amide bonds. The molecule has 4 rings (SSSR count). The first-order valence-electron chi connectivity index (χ1n) is 9.84. The molecule has 2 aliphatic rings. The van der Waals surface area contributed by atoms with E-state index in [-0.39, 0.29) is 17.2 Å². The Kier molecular flexibility index (Phi) is 5.11. The summed E-state index contributed by atoms with van der Waals surface area (Å²) < 4.78 is 5.28. The predicted octanol–water partition coefficient (Wildman–Crippen LogP) is 1.93. The Morgan fingerprint density at radius 2 is 2.21 bits per heavy atom. The lowest BCUT2D eigenvalue weighted by molar-refractivity contribution is -0.144. The third-order valence-corrected chi connectivity index (χ3v) is 5.82. The fraction of sp³-hybridized carbons (Fsp3) is 0.550. The number of piperidine rings is 1. The Balaban J connectivity index is 1.28. The Morgan fingerprint density at radius 3 is 3.04 bits per heavy atom. The van der Waals surface area contributed by atoms with Crippen LogP contribution in [0.1, 0.15) is 38.0 Å². The quantitative estimate of drug-likeness (QED) is 0.783. The molecule has 2 fully saturated rings. The van der Waals surface area contributed by atoms with Crippen molar-refractivity contribution >= 4 is 11.8 Å². The summed E-state index contributed by atoms with van der Waals surface area (Å²) in [5.74, 6) is 1.33. The molecular formula is C20H25N5O3. The lowest BCUT2D eigenvalue weighted by atomic mass is 9.78. The minimum Gasteiger partial charge on any atom is -0.345 e. The standard InChI is InChI=1S/C20H25N5O3/c1-24-11-4-8-20(19(24)27)9-12-25(14-20)17(26)7-2-6-16-22-18(23-28-16)15-5-3-10-21-13-15/h3,5,10,13H,2,4,6-9,11-12,14H2,1H3/t20-/m1/s1. The van der Waals surface area contributed by atoms with E-state index in [0.29, 0.717) is 44.1 Å². The number of hydrogen-bond donors (Lipinski definition) is 0. The van der Waals surface area contributed by atoms with Gasteiger partial charge in [0.2, 0.25) is 23.5 Å². The van der Waals surface area contributed by atoms with Crippen molar-refractivity contribution in [2.24, 2.45) is 5.41 Å². The molecule has 8 heteroatoms. The van der Waals surface area contributed by atoms with Gasteiger partial charge >= 0.3 is 0 Å². The maximum atomic E-state index is 12.6. The van der Waals surface area contributed by atoms with Gasteiger partial charge in [-0.3, -0.25) is 14.6 Å². The largest absolute Gasteiger partial charge is 0.345 e. The first-order chi connectivity index (χ1) is 13.6. The number of pyridine rings is 1. The van der Waals surface area contributed by atoms with Gasteiger partial charge in [-0.2, -0.15) is 4.98 Å². The molecule has 2 aromatic heterocycles. The zero-order chi connectivity index (χ0) is 19.6. The fourth-order valence-electron chi connectivity index (χ4n) is 4.25. The maximum absolute atomic E-state index is 12.6. The van der Waals surface area contributed by atoms with E-state index in [0.717, 1.165) is 31.4 Å².